The standard InChI is InChI=1S/C32H41N3O4S/c1-25-15-12-13-20-28(25)35(40(5,38)39)22-14-21-30(36)34(24-27-18-10-7-11-19-27)29(31(37)33-32(2,3)4)23-26-16-8-6-9-17-26/h6-13,15-20,29H,14,21-24H2,1-5H3,(H,33,37)/t29-/m1/s1. The van der Waals surface area contributed by atoms with Crippen LogP contribution in [-0.2, 0) is 32.6 Å². The van der Waals surface area contributed by atoms with E-state index < -0.39 is 21.6 Å². The van der Waals surface area contributed by atoms with Crippen molar-refractivity contribution in [2.75, 3.05) is 17.1 Å². The highest BCUT2D eigenvalue weighted by molar-refractivity contribution is 7.92. The maximum absolute atomic E-state index is 13.9. The number of carbonyl (C=O) groups excluding carboxylic acids is 2. The number of hydrogen-bond acceptors (Lipinski definition) is 4. The predicted molar refractivity (Wildman–Crippen MR) is 161 cm³/mol. The molecule has 214 valence electrons. The van der Waals surface area contributed by atoms with Crippen molar-refractivity contribution < 1.29 is 18.0 Å². The molecule has 0 saturated carbocycles. The Bertz CT molecular complexity index is 1370. The van der Waals surface area contributed by atoms with Gasteiger partial charge in [0.15, 0.2) is 0 Å². The summed E-state index contributed by atoms with van der Waals surface area (Å²) in [7, 11) is -3.55. The van der Waals surface area contributed by atoms with E-state index in [9.17, 15) is 18.0 Å². The second kappa shape index (κ2) is 13.6. The molecule has 0 aliphatic heterocycles. The molecule has 0 aromatic heterocycles. The van der Waals surface area contributed by atoms with E-state index >= 15 is 0 Å². The number of benzene rings is 3. The molecule has 1 atom stereocenters. The summed E-state index contributed by atoms with van der Waals surface area (Å²) in [6, 6.07) is 25.8. The smallest absolute Gasteiger partial charge is 0.243 e. The minimum Gasteiger partial charge on any atom is -0.350 e. The summed E-state index contributed by atoms with van der Waals surface area (Å²) in [5, 5.41) is 3.06. The van der Waals surface area contributed by atoms with Crippen LogP contribution in [0.15, 0.2) is 84.9 Å². The van der Waals surface area contributed by atoms with Gasteiger partial charge in [-0.3, -0.25) is 13.9 Å². The number of sulfonamides is 1. The van der Waals surface area contributed by atoms with Crippen LogP contribution in [0.3, 0.4) is 0 Å². The van der Waals surface area contributed by atoms with Gasteiger partial charge in [-0.15, -0.1) is 0 Å². The lowest BCUT2D eigenvalue weighted by Crippen LogP contribution is -2.54. The monoisotopic (exact) mass is 563 g/mol. The molecule has 7 nitrogen and oxygen atoms in total. The van der Waals surface area contributed by atoms with E-state index in [4.69, 9.17) is 0 Å². The van der Waals surface area contributed by atoms with Gasteiger partial charge >= 0.3 is 0 Å². The van der Waals surface area contributed by atoms with Crippen LogP contribution in [0.5, 0.6) is 0 Å². The normalized spacial score (nSPS) is 12.4. The number of aryl methyl sites for hydroxylation is 1. The fraction of sp³-hybridized carbons (Fsp3) is 0.375. The molecule has 0 fully saturated rings. The number of para-hydroxylation sites is 1. The summed E-state index contributed by atoms with van der Waals surface area (Å²) < 4.78 is 26.6. The molecule has 2 amide bonds. The number of amides is 2. The minimum atomic E-state index is -3.55. The summed E-state index contributed by atoms with van der Waals surface area (Å²) in [5.74, 6) is -0.426. The minimum absolute atomic E-state index is 0.0961. The Morgan fingerprint density at radius 2 is 1.40 bits per heavy atom. The molecule has 0 unspecified atom stereocenters. The Morgan fingerprint density at radius 1 is 0.850 bits per heavy atom. The zero-order chi connectivity index (χ0) is 29.3. The third-order valence-corrected chi connectivity index (χ3v) is 7.68. The summed E-state index contributed by atoms with van der Waals surface area (Å²) in [4.78, 5) is 29.1. The number of anilines is 1. The fourth-order valence-corrected chi connectivity index (χ4v) is 5.64. The number of carbonyl (C=O) groups is 2. The zero-order valence-electron chi connectivity index (χ0n) is 24.1. The molecule has 8 heteroatoms. The maximum Gasteiger partial charge on any atom is 0.243 e. The second-order valence-electron chi connectivity index (χ2n) is 11.2. The van der Waals surface area contributed by atoms with Gasteiger partial charge in [-0.05, 0) is 56.9 Å². The van der Waals surface area contributed by atoms with Crippen LogP contribution >= 0.6 is 0 Å². The topological polar surface area (TPSA) is 86.8 Å². The average molecular weight is 564 g/mol. The molecule has 0 bridgehead atoms. The highest BCUT2D eigenvalue weighted by Crippen LogP contribution is 2.23. The van der Waals surface area contributed by atoms with E-state index in [0.29, 0.717) is 18.5 Å². The van der Waals surface area contributed by atoms with Crippen LogP contribution in [0.2, 0.25) is 0 Å². The molecule has 0 aliphatic rings. The molecule has 3 aromatic rings. The van der Waals surface area contributed by atoms with Gasteiger partial charge in [-0.1, -0.05) is 78.9 Å². The molecule has 3 rings (SSSR count). The van der Waals surface area contributed by atoms with Crippen molar-refractivity contribution in [3.8, 4) is 0 Å². The van der Waals surface area contributed by atoms with E-state index in [1.165, 1.54) is 10.6 Å². The van der Waals surface area contributed by atoms with Gasteiger partial charge in [0.1, 0.15) is 6.04 Å². The Hall–Kier alpha value is -3.65. The Labute approximate surface area is 239 Å². The highest BCUT2D eigenvalue weighted by atomic mass is 32.2. The quantitative estimate of drug-likeness (QED) is 0.332. The first-order valence-electron chi connectivity index (χ1n) is 13.6. The first kappa shape index (κ1) is 30.9. The van der Waals surface area contributed by atoms with Crippen LogP contribution < -0.4 is 9.62 Å². The SMILES string of the molecule is Cc1ccccc1N(CCCC(=O)N(Cc1ccccc1)[C@H](Cc1ccccc1)C(=O)NC(C)(C)C)S(C)(=O)=O. The van der Waals surface area contributed by atoms with Gasteiger partial charge in [-0.25, -0.2) is 8.42 Å². The van der Waals surface area contributed by atoms with Gasteiger partial charge in [0.05, 0.1) is 11.9 Å². The lowest BCUT2D eigenvalue weighted by molar-refractivity contribution is -0.142. The van der Waals surface area contributed by atoms with E-state index in [1.807, 2.05) is 100 Å². The number of nitrogens with zero attached hydrogens (tertiary/aromatic N) is 2. The molecule has 1 N–H and O–H groups in total. The van der Waals surface area contributed by atoms with Crippen molar-refractivity contribution in [2.45, 2.75) is 65.1 Å². The third kappa shape index (κ3) is 9.23. The Morgan fingerprint density at radius 3 is 1.95 bits per heavy atom. The van der Waals surface area contributed by atoms with Crippen LogP contribution in [0.25, 0.3) is 0 Å². The Kier molecular flexibility index (Phi) is 10.5. The van der Waals surface area contributed by atoms with Gasteiger partial charge in [0.2, 0.25) is 21.8 Å². The first-order chi connectivity index (χ1) is 18.8. The highest BCUT2D eigenvalue weighted by Gasteiger charge is 2.32. The van der Waals surface area contributed by atoms with Crippen molar-refractivity contribution in [3.05, 3.63) is 102 Å². The van der Waals surface area contributed by atoms with Crippen LogP contribution in [-0.4, -0.2) is 49.5 Å². The molecular formula is C32H41N3O4S. The van der Waals surface area contributed by atoms with Crippen molar-refractivity contribution in [2.24, 2.45) is 0 Å². The fourth-order valence-electron chi connectivity index (χ4n) is 4.61. The largest absolute Gasteiger partial charge is 0.350 e. The van der Waals surface area contributed by atoms with Gasteiger partial charge in [-0.2, -0.15) is 0 Å². The lowest BCUT2D eigenvalue weighted by Gasteiger charge is -2.34. The van der Waals surface area contributed by atoms with E-state index in [1.54, 1.807) is 17.0 Å². The van der Waals surface area contributed by atoms with Gasteiger partial charge in [0, 0.05) is 31.5 Å². The molecule has 40 heavy (non-hydrogen) atoms. The maximum atomic E-state index is 13.9. The molecule has 3 aromatic carbocycles. The van der Waals surface area contributed by atoms with E-state index in [0.717, 1.165) is 16.7 Å². The summed E-state index contributed by atoms with van der Waals surface area (Å²) in [6.07, 6.45) is 1.94. The number of hydrogen-bond donors (Lipinski definition) is 1. The van der Waals surface area contributed by atoms with Crippen molar-refractivity contribution in [1.82, 2.24) is 10.2 Å². The summed E-state index contributed by atoms with van der Waals surface area (Å²) in [5.41, 5.74) is 2.83. The van der Waals surface area contributed by atoms with E-state index in [-0.39, 0.29) is 31.3 Å². The molecule has 0 heterocycles. The molecular weight excluding hydrogens is 522 g/mol. The summed E-state index contributed by atoms with van der Waals surface area (Å²) in [6.45, 7) is 8.04. The van der Waals surface area contributed by atoms with Crippen molar-refractivity contribution in [1.29, 1.82) is 0 Å². The number of nitrogens with one attached hydrogen (secondary N) is 1. The van der Waals surface area contributed by atoms with Gasteiger partial charge in [0.25, 0.3) is 0 Å². The molecule has 0 saturated heterocycles. The first-order valence-corrected chi connectivity index (χ1v) is 15.4. The van der Waals surface area contributed by atoms with Crippen molar-refractivity contribution in [3.63, 3.8) is 0 Å². The van der Waals surface area contributed by atoms with Gasteiger partial charge < -0.3 is 10.2 Å². The van der Waals surface area contributed by atoms with E-state index in [2.05, 4.69) is 5.32 Å². The Balaban J connectivity index is 1.89. The third-order valence-electron chi connectivity index (χ3n) is 6.50. The predicted octanol–water partition coefficient (Wildman–Crippen LogP) is 5.10. The summed E-state index contributed by atoms with van der Waals surface area (Å²) >= 11 is 0. The van der Waals surface area contributed by atoms with Crippen molar-refractivity contribution >= 4 is 27.5 Å². The second-order valence-corrected chi connectivity index (χ2v) is 13.1. The molecule has 0 radical (unpaired) electrons. The van der Waals surface area contributed by atoms with Crippen LogP contribution in [0.4, 0.5) is 5.69 Å². The average Bonchev–Trinajstić information content (AvgIpc) is 2.88. The molecule has 0 spiro atoms. The molecule has 0 aliphatic carbocycles. The lowest BCUT2D eigenvalue weighted by atomic mass is 10.00. The number of rotatable bonds is 12. The van der Waals surface area contributed by atoms with Crippen LogP contribution in [0.1, 0.15) is 50.3 Å². The zero-order valence-corrected chi connectivity index (χ0v) is 24.9. The van der Waals surface area contributed by atoms with Crippen LogP contribution in [0, 0.1) is 6.92 Å².